The number of hydrazone groups is 2. The Hall–Kier alpha value is -2.12. The predicted molar refractivity (Wildman–Crippen MR) is 54.4 cm³/mol. The lowest BCUT2D eigenvalue weighted by molar-refractivity contribution is 0.200. The van der Waals surface area contributed by atoms with Crippen LogP contribution >= 0.6 is 0 Å². The van der Waals surface area contributed by atoms with Crippen molar-refractivity contribution in [2.45, 2.75) is 0 Å². The number of nitrogens with zero attached hydrogens (tertiary/aromatic N) is 4. The summed E-state index contributed by atoms with van der Waals surface area (Å²) < 4.78 is 0. The molecule has 1 aliphatic rings. The van der Waals surface area contributed by atoms with Crippen LogP contribution in [0.4, 0.5) is 9.59 Å². The highest BCUT2D eigenvalue weighted by Crippen LogP contribution is 2.04. The summed E-state index contributed by atoms with van der Waals surface area (Å²) in [6.07, 6.45) is 2.53. The van der Waals surface area contributed by atoms with Crippen molar-refractivity contribution in [2.75, 3.05) is 20.1 Å². The van der Waals surface area contributed by atoms with Gasteiger partial charge in [-0.15, -0.1) is 0 Å². The van der Waals surface area contributed by atoms with E-state index < -0.39 is 6.03 Å². The van der Waals surface area contributed by atoms with Gasteiger partial charge in [0.15, 0.2) is 0 Å². The molecule has 0 aliphatic carbocycles. The third-order valence-corrected chi connectivity index (χ3v) is 1.72. The quantitative estimate of drug-likeness (QED) is 0.462. The van der Waals surface area contributed by atoms with E-state index in [1.54, 1.807) is 11.9 Å². The number of hydrogen-bond acceptors (Lipinski definition) is 4. The highest BCUT2D eigenvalue weighted by molar-refractivity contribution is 6.16. The highest BCUT2D eigenvalue weighted by Gasteiger charge is 2.24. The van der Waals surface area contributed by atoms with Crippen LogP contribution in [0, 0.1) is 0 Å². The third-order valence-electron chi connectivity index (χ3n) is 1.72. The van der Waals surface area contributed by atoms with Crippen LogP contribution in [0.1, 0.15) is 0 Å². The van der Waals surface area contributed by atoms with E-state index >= 15 is 0 Å². The summed E-state index contributed by atoms with van der Waals surface area (Å²) in [5, 5.41) is 8.55. The molecule has 1 aliphatic heterocycles. The van der Waals surface area contributed by atoms with Crippen LogP contribution in [-0.4, -0.2) is 54.5 Å². The van der Waals surface area contributed by atoms with E-state index in [2.05, 4.69) is 10.2 Å². The Bertz CT molecular complexity index is 313. The molecule has 8 heteroatoms. The summed E-state index contributed by atoms with van der Waals surface area (Å²) in [6.45, 7) is 1.19. The number of primary amides is 1. The number of carbonyl (C=O) groups excluding carboxylic acids is 2. The van der Waals surface area contributed by atoms with E-state index in [-0.39, 0.29) is 6.03 Å². The van der Waals surface area contributed by atoms with Crippen LogP contribution in [0.25, 0.3) is 0 Å². The van der Waals surface area contributed by atoms with Crippen molar-refractivity contribution in [1.82, 2.24) is 15.3 Å². The molecular weight excluding hydrogens is 200 g/mol. The summed E-state index contributed by atoms with van der Waals surface area (Å²) >= 11 is 0. The smallest absolute Gasteiger partial charge is 0.340 e. The SMILES string of the molecule is CN1CCN(N=CC=NNC(N)=O)C1=O. The second-order valence-electron chi connectivity index (χ2n) is 2.85. The zero-order valence-corrected chi connectivity index (χ0v) is 8.25. The molecule has 0 bridgehead atoms. The van der Waals surface area contributed by atoms with E-state index in [0.29, 0.717) is 13.1 Å². The fraction of sp³-hybridized carbons (Fsp3) is 0.429. The Morgan fingerprint density at radius 2 is 2.27 bits per heavy atom. The van der Waals surface area contributed by atoms with Crippen LogP contribution in [0.3, 0.4) is 0 Å². The van der Waals surface area contributed by atoms with Gasteiger partial charge in [-0.25, -0.2) is 20.0 Å². The van der Waals surface area contributed by atoms with Crippen molar-refractivity contribution < 1.29 is 9.59 Å². The van der Waals surface area contributed by atoms with Gasteiger partial charge >= 0.3 is 12.1 Å². The normalized spacial score (nSPS) is 17.0. The molecule has 0 atom stereocenters. The number of hydrogen-bond donors (Lipinski definition) is 2. The molecule has 0 aromatic heterocycles. The van der Waals surface area contributed by atoms with Crippen LogP contribution in [0.5, 0.6) is 0 Å². The molecular formula is C7H12N6O2. The van der Waals surface area contributed by atoms with Crippen molar-refractivity contribution in [3.8, 4) is 0 Å². The van der Waals surface area contributed by atoms with Gasteiger partial charge in [0.25, 0.3) is 0 Å². The van der Waals surface area contributed by atoms with Gasteiger partial charge in [0.2, 0.25) is 0 Å². The topological polar surface area (TPSA) is 103 Å². The van der Waals surface area contributed by atoms with E-state index in [9.17, 15) is 9.59 Å². The number of urea groups is 2. The zero-order chi connectivity index (χ0) is 11.3. The van der Waals surface area contributed by atoms with Gasteiger partial charge in [-0.2, -0.15) is 10.2 Å². The molecule has 15 heavy (non-hydrogen) atoms. The van der Waals surface area contributed by atoms with Crippen molar-refractivity contribution in [3.05, 3.63) is 0 Å². The molecule has 0 aromatic carbocycles. The molecule has 1 fully saturated rings. The molecule has 82 valence electrons. The van der Waals surface area contributed by atoms with E-state index in [0.717, 1.165) is 0 Å². The first-order valence-electron chi connectivity index (χ1n) is 4.25. The maximum absolute atomic E-state index is 11.3. The van der Waals surface area contributed by atoms with E-state index in [1.165, 1.54) is 17.4 Å². The molecule has 0 radical (unpaired) electrons. The number of amides is 4. The predicted octanol–water partition coefficient (Wildman–Crippen LogP) is -1.01. The molecule has 1 heterocycles. The maximum atomic E-state index is 11.3. The minimum atomic E-state index is -0.753. The summed E-state index contributed by atoms with van der Waals surface area (Å²) in [5.41, 5.74) is 6.75. The summed E-state index contributed by atoms with van der Waals surface area (Å²) in [7, 11) is 1.70. The van der Waals surface area contributed by atoms with Crippen molar-refractivity contribution in [1.29, 1.82) is 0 Å². The van der Waals surface area contributed by atoms with Gasteiger partial charge in [0.1, 0.15) is 0 Å². The van der Waals surface area contributed by atoms with E-state index in [1.807, 2.05) is 5.43 Å². The van der Waals surface area contributed by atoms with Crippen LogP contribution in [-0.2, 0) is 0 Å². The van der Waals surface area contributed by atoms with Crippen molar-refractivity contribution in [3.63, 3.8) is 0 Å². The largest absolute Gasteiger partial charge is 0.350 e. The molecule has 1 saturated heterocycles. The van der Waals surface area contributed by atoms with Crippen molar-refractivity contribution in [2.24, 2.45) is 15.9 Å². The Morgan fingerprint density at radius 3 is 2.80 bits per heavy atom. The number of likely N-dealkylation sites (N-methyl/N-ethyl adjacent to an activating group) is 1. The minimum Gasteiger partial charge on any atom is -0.350 e. The van der Waals surface area contributed by atoms with Gasteiger partial charge in [0, 0.05) is 13.6 Å². The Balaban J connectivity index is 2.35. The van der Waals surface area contributed by atoms with Crippen molar-refractivity contribution >= 4 is 24.5 Å². The fourth-order valence-corrected chi connectivity index (χ4v) is 0.985. The van der Waals surface area contributed by atoms with Gasteiger partial charge < -0.3 is 10.6 Å². The van der Waals surface area contributed by atoms with E-state index in [4.69, 9.17) is 5.73 Å². The Kier molecular flexibility index (Phi) is 3.61. The first kappa shape index (κ1) is 11.0. The first-order chi connectivity index (χ1) is 7.11. The summed E-state index contributed by atoms with van der Waals surface area (Å²) in [6, 6.07) is -0.917. The Labute approximate surface area is 86.4 Å². The second-order valence-corrected chi connectivity index (χ2v) is 2.85. The highest BCUT2D eigenvalue weighted by atomic mass is 16.2. The second kappa shape index (κ2) is 4.94. The minimum absolute atomic E-state index is 0.164. The average Bonchev–Trinajstić information content (AvgIpc) is 2.48. The molecule has 1 rings (SSSR count). The number of nitrogens with one attached hydrogen (secondary N) is 1. The van der Waals surface area contributed by atoms with Crippen LogP contribution < -0.4 is 11.2 Å². The Morgan fingerprint density at radius 1 is 1.53 bits per heavy atom. The fourth-order valence-electron chi connectivity index (χ4n) is 0.985. The third kappa shape index (κ3) is 3.25. The number of carbonyl (C=O) groups is 2. The first-order valence-corrected chi connectivity index (χ1v) is 4.25. The van der Waals surface area contributed by atoms with Gasteiger partial charge in [-0.3, -0.25) is 0 Å². The molecule has 4 amide bonds. The molecule has 0 aromatic rings. The number of rotatable bonds is 3. The van der Waals surface area contributed by atoms with Gasteiger partial charge in [-0.1, -0.05) is 0 Å². The zero-order valence-electron chi connectivity index (χ0n) is 8.25. The monoisotopic (exact) mass is 212 g/mol. The molecule has 3 N–H and O–H groups in total. The molecule has 0 saturated carbocycles. The summed E-state index contributed by atoms with van der Waals surface area (Å²) in [4.78, 5) is 23.0. The van der Waals surface area contributed by atoms with Crippen LogP contribution in [0.15, 0.2) is 10.2 Å². The number of nitrogens with two attached hydrogens (primary N) is 1. The lowest BCUT2D eigenvalue weighted by Crippen LogP contribution is -2.26. The molecule has 0 spiro atoms. The average molecular weight is 212 g/mol. The molecule has 8 nitrogen and oxygen atoms in total. The standard InChI is InChI=1S/C7H12N6O2/c1-12-4-5-13(7(12)15)10-3-2-9-11-6(8)14/h2-3H,4-5H2,1H3,(H3,8,11,14). The van der Waals surface area contributed by atoms with Gasteiger partial charge in [-0.05, 0) is 0 Å². The summed E-state index contributed by atoms with van der Waals surface area (Å²) in [5.74, 6) is 0. The van der Waals surface area contributed by atoms with Crippen LogP contribution in [0.2, 0.25) is 0 Å². The molecule has 0 unspecified atom stereocenters. The lowest BCUT2D eigenvalue weighted by atomic mass is 10.6. The van der Waals surface area contributed by atoms with Gasteiger partial charge in [0.05, 0.1) is 19.0 Å². The maximum Gasteiger partial charge on any atom is 0.340 e. The lowest BCUT2D eigenvalue weighted by Gasteiger charge is -2.08.